The molecule has 0 fully saturated rings. The molecule has 1 aromatic heterocycles. The molecule has 51 heavy (non-hydrogen) atoms. The van der Waals surface area contributed by atoms with Crippen molar-refractivity contribution in [2.75, 3.05) is 4.90 Å². The molecule has 0 saturated carbocycles. The van der Waals surface area contributed by atoms with E-state index in [0.29, 0.717) is 0 Å². The second-order valence-corrected chi connectivity index (χ2v) is 14.2. The number of nitrogens with zero attached hydrogens (tertiary/aromatic N) is 2. The minimum atomic E-state index is -0.0667. The summed E-state index contributed by atoms with van der Waals surface area (Å²) in [5.41, 5.74) is 14.8. The largest absolute Gasteiger partial charge is 0.310 e. The van der Waals surface area contributed by atoms with Gasteiger partial charge in [-0.15, -0.1) is 0 Å². The van der Waals surface area contributed by atoms with E-state index < -0.39 is 0 Å². The average Bonchev–Trinajstić information content (AvgIpc) is 3.62. The van der Waals surface area contributed by atoms with Gasteiger partial charge in [0.05, 0.1) is 11.0 Å². The number of rotatable bonds is 5. The predicted molar refractivity (Wildman–Crippen MR) is 216 cm³/mol. The molecule has 2 nitrogen and oxygen atoms in total. The summed E-state index contributed by atoms with van der Waals surface area (Å²) in [5, 5.41) is 5.03. The van der Waals surface area contributed by atoms with E-state index >= 15 is 0 Å². The Labute approximate surface area is 298 Å². The van der Waals surface area contributed by atoms with Crippen molar-refractivity contribution in [1.82, 2.24) is 4.57 Å². The van der Waals surface area contributed by atoms with E-state index in [2.05, 4.69) is 205 Å². The number of aromatic nitrogens is 1. The molecule has 1 heterocycles. The highest BCUT2D eigenvalue weighted by molar-refractivity contribution is 6.14. The molecule has 9 aromatic rings. The zero-order valence-electron chi connectivity index (χ0n) is 28.7. The van der Waals surface area contributed by atoms with E-state index in [0.717, 1.165) is 17.1 Å². The Kier molecular flexibility index (Phi) is 6.56. The summed E-state index contributed by atoms with van der Waals surface area (Å²) in [4.78, 5) is 2.38. The van der Waals surface area contributed by atoms with Gasteiger partial charge in [-0.25, -0.2) is 0 Å². The van der Waals surface area contributed by atoms with Crippen LogP contribution in [0.4, 0.5) is 17.1 Å². The molecular formula is C49H36N2. The number of hydrogen-bond donors (Lipinski definition) is 0. The maximum atomic E-state index is 2.40. The highest BCUT2D eigenvalue weighted by Gasteiger charge is 2.35. The van der Waals surface area contributed by atoms with Crippen LogP contribution in [-0.4, -0.2) is 4.57 Å². The van der Waals surface area contributed by atoms with Crippen molar-refractivity contribution >= 4 is 49.6 Å². The lowest BCUT2D eigenvalue weighted by molar-refractivity contribution is 0.660. The van der Waals surface area contributed by atoms with Crippen LogP contribution < -0.4 is 4.90 Å². The Morgan fingerprint density at radius 3 is 1.78 bits per heavy atom. The number of benzene rings is 8. The molecular weight excluding hydrogens is 617 g/mol. The third-order valence-electron chi connectivity index (χ3n) is 10.9. The van der Waals surface area contributed by atoms with Gasteiger partial charge in [0.25, 0.3) is 0 Å². The van der Waals surface area contributed by atoms with Gasteiger partial charge in [-0.3, -0.25) is 0 Å². The fourth-order valence-corrected chi connectivity index (χ4v) is 8.40. The zero-order chi connectivity index (χ0) is 34.1. The molecule has 242 valence electrons. The smallest absolute Gasteiger partial charge is 0.0547 e. The Hall–Kier alpha value is -6.38. The van der Waals surface area contributed by atoms with Gasteiger partial charge in [0, 0.05) is 38.9 Å². The minimum Gasteiger partial charge on any atom is -0.310 e. The second-order valence-electron chi connectivity index (χ2n) is 14.2. The molecule has 0 atom stereocenters. The van der Waals surface area contributed by atoms with E-state index in [4.69, 9.17) is 0 Å². The maximum absolute atomic E-state index is 2.40. The van der Waals surface area contributed by atoms with Crippen LogP contribution in [0.5, 0.6) is 0 Å². The SMILES string of the molecule is CC1(C)c2ccccc2-c2ccc(N(c3ccccc3)c3ccc(-c4ccc5c(c4)c4cc6ccccc6cc4n5-c4ccccc4)cc3)cc21. The van der Waals surface area contributed by atoms with Crippen molar-refractivity contribution in [2.24, 2.45) is 0 Å². The Balaban J connectivity index is 1.08. The van der Waals surface area contributed by atoms with Crippen LogP contribution in [0.2, 0.25) is 0 Å². The molecule has 0 radical (unpaired) electrons. The molecule has 0 bridgehead atoms. The van der Waals surface area contributed by atoms with Crippen LogP contribution in [0.15, 0.2) is 182 Å². The summed E-state index contributed by atoms with van der Waals surface area (Å²) in [5.74, 6) is 0. The normalized spacial score (nSPS) is 13.1. The second kappa shape index (κ2) is 11.3. The first kappa shape index (κ1) is 29.5. The molecule has 8 aromatic carbocycles. The Morgan fingerprint density at radius 1 is 0.412 bits per heavy atom. The number of para-hydroxylation sites is 2. The standard InChI is InChI=1S/C49H36N2/c1-49(2)45-20-12-11-19-41(45)42-27-26-40(32-46(42)49)50(37-15-5-3-6-16-37)39-24-21-33(22-25-39)36-23-28-47-43(30-36)44-29-34-13-9-10-14-35(34)31-48(44)51(47)38-17-7-4-8-18-38/h3-32H,1-2H3. The van der Waals surface area contributed by atoms with Crippen LogP contribution in [0.25, 0.3) is 60.5 Å². The monoisotopic (exact) mass is 652 g/mol. The van der Waals surface area contributed by atoms with Gasteiger partial charge >= 0.3 is 0 Å². The summed E-state index contributed by atoms with van der Waals surface area (Å²) >= 11 is 0. The van der Waals surface area contributed by atoms with Gasteiger partial charge in [0.15, 0.2) is 0 Å². The summed E-state index contributed by atoms with van der Waals surface area (Å²) in [6.45, 7) is 4.69. The van der Waals surface area contributed by atoms with Gasteiger partial charge in [0.2, 0.25) is 0 Å². The molecule has 0 amide bonds. The fraction of sp³-hybridized carbons (Fsp3) is 0.0612. The lowest BCUT2D eigenvalue weighted by atomic mass is 9.82. The third kappa shape index (κ3) is 4.64. The highest BCUT2D eigenvalue weighted by Crippen LogP contribution is 2.50. The fourth-order valence-electron chi connectivity index (χ4n) is 8.40. The summed E-state index contributed by atoms with van der Waals surface area (Å²) in [6.07, 6.45) is 0. The molecule has 10 rings (SSSR count). The zero-order valence-corrected chi connectivity index (χ0v) is 28.7. The van der Waals surface area contributed by atoms with Gasteiger partial charge in [0.1, 0.15) is 0 Å². The van der Waals surface area contributed by atoms with Crippen molar-refractivity contribution in [1.29, 1.82) is 0 Å². The summed E-state index contributed by atoms with van der Waals surface area (Å²) < 4.78 is 2.40. The lowest BCUT2D eigenvalue weighted by Gasteiger charge is -2.28. The van der Waals surface area contributed by atoms with E-state index in [1.807, 2.05) is 0 Å². The van der Waals surface area contributed by atoms with Crippen LogP contribution >= 0.6 is 0 Å². The van der Waals surface area contributed by atoms with E-state index in [9.17, 15) is 0 Å². The van der Waals surface area contributed by atoms with Crippen molar-refractivity contribution in [3.8, 4) is 27.9 Å². The van der Waals surface area contributed by atoms with E-state index in [-0.39, 0.29) is 5.41 Å². The minimum absolute atomic E-state index is 0.0667. The van der Waals surface area contributed by atoms with Crippen molar-refractivity contribution in [3.63, 3.8) is 0 Å². The van der Waals surface area contributed by atoms with Crippen molar-refractivity contribution < 1.29 is 0 Å². The van der Waals surface area contributed by atoms with Gasteiger partial charge in [-0.05, 0) is 117 Å². The number of hydrogen-bond acceptors (Lipinski definition) is 1. The first-order valence-corrected chi connectivity index (χ1v) is 17.8. The first-order chi connectivity index (χ1) is 25.0. The molecule has 0 saturated heterocycles. The third-order valence-corrected chi connectivity index (χ3v) is 10.9. The first-order valence-electron chi connectivity index (χ1n) is 17.8. The van der Waals surface area contributed by atoms with Crippen LogP contribution in [-0.2, 0) is 5.41 Å². The maximum Gasteiger partial charge on any atom is 0.0547 e. The van der Waals surface area contributed by atoms with E-state index in [1.165, 1.54) is 71.6 Å². The predicted octanol–water partition coefficient (Wildman–Crippen LogP) is 13.4. The molecule has 1 aliphatic carbocycles. The topological polar surface area (TPSA) is 8.17 Å². The molecule has 0 unspecified atom stereocenters. The molecule has 2 heteroatoms. The van der Waals surface area contributed by atoms with Gasteiger partial charge in [-0.2, -0.15) is 0 Å². The summed E-state index contributed by atoms with van der Waals surface area (Å²) in [6, 6.07) is 66.6. The molecule has 0 N–H and O–H groups in total. The van der Waals surface area contributed by atoms with E-state index in [1.54, 1.807) is 0 Å². The van der Waals surface area contributed by atoms with Gasteiger partial charge in [-0.1, -0.05) is 123 Å². The Morgan fingerprint density at radius 2 is 1.00 bits per heavy atom. The molecule has 1 aliphatic rings. The highest BCUT2D eigenvalue weighted by atomic mass is 15.1. The quantitative estimate of drug-likeness (QED) is 0.180. The van der Waals surface area contributed by atoms with Crippen molar-refractivity contribution in [2.45, 2.75) is 19.3 Å². The molecule has 0 aliphatic heterocycles. The average molecular weight is 653 g/mol. The summed E-state index contributed by atoms with van der Waals surface area (Å²) in [7, 11) is 0. The van der Waals surface area contributed by atoms with Crippen molar-refractivity contribution in [3.05, 3.63) is 193 Å². The Bertz CT molecular complexity index is 2750. The van der Waals surface area contributed by atoms with Crippen LogP contribution in [0.3, 0.4) is 0 Å². The molecule has 0 spiro atoms. The lowest BCUT2D eigenvalue weighted by Crippen LogP contribution is -2.16. The number of fused-ring (bicyclic) bond motifs is 7. The van der Waals surface area contributed by atoms with Gasteiger partial charge < -0.3 is 9.47 Å². The van der Waals surface area contributed by atoms with Crippen LogP contribution in [0.1, 0.15) is 25.0 Å². The van der Waals surface area contributed by atoms with Crippen LogP contribution in [0, 0.1) is 0 Å². The number of anilines is 3.